The summed E-state index contributed by atoms with van der Waals surface area (Å²) in [6.07, 6.45) is -14.6. The van der Waals surface area contributed by atoms with E-state index in [9.17, 15) is 58.7 Å². The van der Waals surface area contributed by atoms with Crippen molar-refractivity contribution in [3.63, 3.8) is 0 Å². The SMILES string of the molecule is CCCC(=O)N(C)C(OC)c1ccc(-c2noc(C(F)(F)F)n2)cc1.CCCC(=O)N(C)C(OC)c1ccc(/C(N)=N/O)cc1.O=C(OC(=O)C(F)(F)F)C(F)(F)F. The summed E-state index contributed by atoms with van der Waals surface area (Å²) in [6.45, 7) is 3.86. The number of methoxy groups -OCH3 is 2. The first-order valence-corrected chi connectivity index (χ1v) is 16.4. The minimum atomic E-state index is -5.62. The Bertz CT molecular complexity index is 1790. The van der Waals surface area contributed by atoms with Crippen LogP contribution in [-0.4, -0.2) is 95.4 Å². The van der Waals surface area contributed by atoms with Crippen molar-refractivity contribution in [2.45, 2.75) is 70.5 Å². The third-order valence-electron chi connectivity index (χ3n) is 7.23. The molecule has 0 aliphatic rings. The number of hydrogen-bond donors (Lipinski definition) is 2. The zero-order valence-electron chi connectivity index (χ0n) is 31.5. The monoisotopic (exact) mass is 846 g/mol. The number of ether oxygens (including phenoxy) is 3. The van der Waals surface area contributed by atoms with Crippen LogP contribution in [0.4, 0.5) is 39.5 Å². The Morgan fingerprint density at radius 3 is 1.47 bits per heavy atom. The maximum Gasteiger partial charge on any atom is 0.491 e. The van der Waals surface area contributed by atoms with E-state index in [4.69, 9.17) is 20.4 Å². The maximum absolute atomic E-state index is 12.5. The van der Waals surface area contributed by atoms with E-state index in [1.807, 2.05) is 13.8 Å². The molecule has 0 saturated heterocycles. The molecule has 0 spiro atoms. The van der Waals surface area contributed by atoms with Crippen LogP contribution in [-0.2, 0) is 39.6 Å². The first-order chi connectivity index (χ1) is 26.9. The molecule has 3 aromatic rings. The van der Waals surface area contributed by atoms with E-state index in [1.165, 1.54) is 12.0 Å². The number of alkyl halides is 9. The Morgan fingerprint density at radius 2 is 1.16 bits per heavy atom. The summed E-state index contributed by atoms with van der Waals surface area (Å²) < 4.78 is 122. The normalized spacial score (nSPS) is 12.8. The molecule has 0 aliphatic heterocycles. The lowest BCUT2D eigenvalue weighted by Crippen LogP contribution is -2.34. The summed E-state index contributed by atoms with van der Waals surface area (Å²) in [6, 6.07) is 13.4. The summed E-state index contributed by atoms with van der Waals surface area (Å²) in [7, 11) is 6.37. The van der Waals surface area contributed by atoms with Crippen molar-refractivity contribution in [3.05, 3.63) is 71.1 Å². The number of oxime groups is 1. The summed E-state index contributed by atoms with van der Waals surface area (Å²) >= 11 is 0. The van der Waals surface area contributed by atoms with Gasteiger partial charge in [0.05, 0.1) is 0 Å². The van der Waals surface area contributed by atoms with E-state index in [2.05, 4.69) is 24.6 Å². The molecule has 0 radical (unpaired) electrons. The number of nitrogens with two attached hydrogens (primary N) is 1. The molecule has 0 saturated carbocycles. The summed E-state index contributed by atoms with van der Waals surface area (Å²) in [5, 5.41) is 14.9. The number of amides is 2. The Labute approximate surface area is 324 Å². The van der Waals surface area contributed by atoms with Crippen LogP contribution in [0.3, 0.4) is 0 Å². The standard InChI is InChI=1S/C16H18F3N3O3.C14H21N3O3.C4F6O3/c1-4-5-12(23)22(2)14(24-3)11-8-6-10(7-9-11)13-20-15(25-21-13)16(17,18)19;1-4-5-12(18)17(2)14(20-3)11-8-6-10(7-9-11)13(15)16-19;5-3(6,7)1(11)13-2(12)4(8,9)10/h6-9,14H,4-5H2,1-3H3;6-9,14,19H,4-5H2,1-3H3,(H2,15,16);. The second-order valence-electron chi connectivity index (χ2n) is 11.5. The molecule has 2 unspecified atom stereocenters. The zero-order chi connectivity index (χ0) is 44.6. The van der Waals surface area contributed by atoms with Crippen LogP contribution in [0.15, 0.2) is 58.2 Å². The van der Waals surface area contributed by atoms with Crippen molar-refractivity contribution >= 4 is 29.6 Å². The molecule has 0 fully saturated rings. The molecule has 24 heteroatoms. The lowest BCUT2D eigenvalue weighted by molar-refractivity contribution is -0.221. The molecule has 322 valence electrons. The molecule has 1 aromatic heterocycles. The van der Waals surface area contributed by atoms with E-state index < -0.39 is 48.8 Å². The number of aromatic nitrogens is 2. The van der Waals surface area contributed by atoms with Gasteiger partial charge >= 0.3 is 36.4 Å². The number of halogens is 9. The van der Waals surface area contributed by atoms with E-state index in [0.717, 1.165) is 18.4 Å². The molecular weight excluding hydrogens is 807 g/mol. The average Bonchev–Trinajstić information content (AvgIpc) is 3.67. The smallest absolute Gasteiger partial charge is 0.409 e. The summed E-state index contributed by atoms with van der Waals surface area (Å²) in [5.41, 5.74) is 7.98. The predicted octanol–water partition coefficient (Wildman–Crippen LogP) is 6.52. The molecule has 3 N–H and O–H groups in total. The minimum Gasteiger partial charge on any atom is -0.409 e. The second-order valence-corrected chi connectivity index (χ2v) is 11.5. The van der Waals surface area contributed by atoms with Crippen molar-refractivity contribution in [3.8, 4) is 11.4 Å². The third-order valence-corrected chi connectivity index (χ3v) is 7.23. The van der Waals surface area contributed by atoms with Crippen molar-refractivity contribution in [1.29, 1.82) is 0 Å². The van der Waals surface area contributed by atoms with Crippen molar-refractivity contribution in [2.24, 2.45) is 10.9 Å². The van der Waals surface area contributed by atoms with Gasteiger partial charge in [0.25, 0.3) is 0 Å². The highest BCUT2D eigenvalue weighted by Crippen LogP contribution is 2.30. The van der Waals surface area contributed by atoms with E-state index in [1.54, 1.807) is 74.6 Å². The van der Waals surface area contributed by atoms with Gasteiger partial charge in [-0.25, -0.2) is 9.59 Å². The molecule has 15 nitrogen and oxygen atoms in total. The molecule has 2 atom stereocenters. The second kappa shape index (κ2) is 22.2. The lowest BCUT2D eigenvalue weighted by atomic mass is 10.1. The van der Waals surface area contributed by atoms with Crippen LogP contribution < -0.4 is 5.73 Å². The molecule has 58 heavy (non-hydrogen) atoms. The number of benzene rings is 2. The molecular formula is C34H39F9N6O9. The number of carbonyl (C=O) groups is 4. The minimum absolute atomic E-state index is 0.0276. The van der Waals surface area contributed by atoms with E-state index >= 15 is 0 Å². The number of hydrogen-bond acceptors (Lipinski definition) is 12. The summed E-state index contributed by atoms with van der Waals surface area (Å²) in [5.74, 6) is -7.95. The van der Waals surface area contributed by atoms with Crippen LogP contribution in [0.25, 0.3) is 11.4 Å². The Hall–Kier alpha value is -5.78. The van der Waals surface area contributed by atoms with Crippen molar-refractivity contribution in [1.82, 2.24) is 19.9 Å². The lowest BCUT2D eigenvalue weighted by Gasteiger charge is -2.27. The Morgan fingerprint density at radius 1 is 0.759 bits per heavy atom. The largest absolute Gasteiger partial charge is 0.491 e. The maximum atomic E-state index is 12.5. The fraction of sp³-hybridized carbons (Fsp3) is 0.441. The molecule has 0 bridgehead atoms. The van der Waals surface area contributed by atoms with Crippen molar-refractivity contribution in [2.75, 3.05) is 28.3 Å². The van der Waals surface area contributed by atoms with Crippen LogP contribution in [0.5, 0.6) is 0 Å². The van der Waals surface area contributed by atoms with Gasteiger partial charge in [-0.1, -0.05) is 72.7 Å². The Kier molecular flexibility index (Phi) is 19.3. The predicted molar refractivity (Wildman–Crippen MR) is 182 cm³/mol. The highest BCUT2D eigenvalue weighted by Gasteiger charge is 2.49. The fourth-order valence-corrected chi connectivity index (χ4v) is 4.41. The van der Waals surface area contributed by atoms with Gasteiger partial charge in [0.2, 0.25) is 17.6 Å². The number of nitrogens with zero attached hydrogens (tertiary/aromatic N) is 5. The van der Waals surface area contributed by atoms with Crippen LogP contribution in [0.1, 0.15) is 74.6 Å². The highest BCUT2D eigenvalue weighted by molar-refractivity contribution is 5.97. The molecule has 1 heterocycles. The van der Waals surface area contributed by atoms with Gasteiger partial charge < -0.3 is 39.5 Å². The first-order valence-electron chi connectivity index (χ1n) is 16.4. The molecule has 2 aromatic carbocycles. The number of amidine groups is 1. The highest BCUT2D eigenvalue weighted by atomic mass is 19.4. The number of carbonyl (C=O) groups excluding carboxylic acids is 4. The van der Waals surface area contributed by atoms with Gasteiger partial charge in [-0.3, -0.25) is 9.59 Å². The molecule has 0 aliphatic carbocycles. The number of rotatable bonds is 12. The van der Waals surface area contributed by atoms with Crippen LogP contribution in [0, 0.1) is 0 Å². The molecule has 3 rings (SSSR count). The van der Waals surface area contributed by atoms with E-state index in [-0.39, 0.29) is 23.5 Å². The van der Waals surface area contributed by atoms with Gasteiger partial charge in [0.15, 0.2) is 18.3 Å². The van der Waals surface area contributed by atoms with Gasteiger partial charge in [0, 0.05) is 63.4 Å². The van der Waals surface area contributed by atoms with E-state index in [0.29, 0.717) is 29.5 Å². The van der Waals surface area contributed by atoms with Crippen LogP contribution >= 0.6 is 0 Å². The average molecular weight is 847 g/mol. The molecule has 2 amide bonds. The quantitative estimate of drug-likeness (QED) is 0.0293. The zero-order valence-corrected chi connectivity index (χ0v) is 31.5. The fourth-order valence-electron chi connectivity index (χ4n) is 4.41. The van der Waals surface area contributed by atoms with Gasteiger partial charge in [-0.2, -0.15) is 44.5 Å². The third kappa shape index (κ3) is 15.3. The van der Waals surface area contributed by atoms with Gasteiger partial charge in [-0.15, -0.1) is 0 Å². The van der Waals surface area contributed by atoms with Gasteiger partial charge in [-0.05, 0) is 12.8 Å². The topological polar surface area (TPSA) is 200 Å². The van der Waals surface area contributed by atoms with Gasteiger partial charge in [0.1, 0.15) is 0 Å². The number of esters is 2. The Balaban J connectivity index is 0.000000458. The van der Waals surface area contributed by atoms with Crippen molar-refractivity contribution < 1.29 is 82.6 Å². The first kappa shape index (κ1) is 50.2. The van der Waals surface area contributed by atoms with Crippen LogP contribution in [0.2, 0.25) is 0 Å². The summed E-state index contributed by atoms with van der Waals surface area (Å²) in [4.78, 5) is 49.6.